The summed E-state index contributed by atoms with van der Waals surface area (Å²) in [5.41, 5.74) is 2.54. The molecule has 2 aliphatic carbocycles. The number of hydrogen-bond acceptors (Lipinski definition) is 3. The molecule has 0 aromatic rings. The lowest BCUT2D eigenvalue weighted by Gasteiger charge is -2.10. The molecule has 3 heteroatoms. The highest BCUT2D eigenvalue weighted by molar-refractivity contribution is 6.47. The highest BCUT2D eigenvalue weighted by Gasteiger charge is 2.55. The molecule has 1 saturated carbocycles. The molecule has 3 atom stereocenters. The van der Waals surface area contributed by atoms with Crippen molar-refractivity contribution in [2.24, 2.45) is 17.3 Å². The zero-order valence-corrected chi connectivity index (χ0v) is 14.8. The summed E-state index contributed by atoms with van der Waals surface area (Å²) in [6, 6.07) is 0. The molecule has 2 aliphatic rings. The van der Waals surface area contributed by atoms with E-state index in [2.05, 4.69) is 20.8 Å². The van der Waals surface area contributed by atoms with E-state index < -0.39 is 17.7 Å². The van der Waals surface area contributed by atoms with Crippen molar-refractivity contribution in [3.05, 3.63) is 34.9 Å². The Balaban J connectivity index is 2.32. The minimum absolute atomic E-state index is 0.191. The second-order valence-corrected chi connectivity index (χ2v) is 7.73. The number of allylic oxidation sites excluding steroid dienone is 4. The topological polar surface area (TPSA) is 54.4 Å². The molecule has 3 nitrogen and oxygen atoms in total. The number of carbonyl (C=O) groups is 2. The van der Waals surface area contributed by atoms with Crippen LogP contribution < -0.4 is 0 Å². The Hall–Kier alpha value is -1.48. The second-order valence-electron chi connectivity index (χ2n) is 7.73. The fraction of sp³-hybridized carbons (Fsp3) is 0.600. The van der Waals surface area contributed by atoms with Crippen molar-refractivity contribution in [3.8, 4) is 0 Å². The molecule has 1 N–H and O–H groups in total. The summed E-state index contributed by atoms with van der Waals surface area (Å²) in [6.07, 6.45) is 7.19. The normalized spacial score (nSPS) is 32.3. The van der Waals surface area contributed by atoms with Gasteiger partial charge in [0.15, 0.2) is 0 Å². The van der Waals surface area contributed by atoms with Gasteiger partial charge in [-0.2, -0.15) is 0 Å². The standard InChI is InChI=1S/C20H28O3/c1-12-6-8-15-16(20(15,4)5)10-14(3)19(23)18(22)11-13(2)17(21)9-7-12/h7,10-11,15-17,21H,6,8-9H2,1-5H3/t15-,16-,17+/m1/s1. The third kappa shape index (κ3) is 3.89. The van der Waals surface area contributed by atoms with Crippen LogP contribution in [-0.4, -0.2) is 22.8 Å². The van der Waals surface area contributed by atoms with Crippen molar-refractivity contribution in [1.29, 1.82) is 0 Å². The van der Waals surface area contributed by atoms with E-state index in [0.29, 0.717) is 29.4 Å². The van der Waals surface area contributed by atoms with Gasteiger partial charge in [0.05, 0.1) is 6.10 Å². The SMILES string of the molecule is CC1=CC[C@H](O)C(C)=CC(=O)C(=O)C(C)=C[C@@H]2[C@@H](CC1)C2(C)C. The quantitative estimate of drug-likeness (QED) is 0.546. The number of aliphatic hydroxyl groups excluding tert-OH is 1. The van der Waals surface area contributed by atoms with Crippen LogP contribution in [0.5, 0.6) is 0 Å². The first-order valence-electron chi connectivity index (χ1n) is 8.43. The van der Waals surface area contributed by atoms with E-state index in [1.807, 2.05) is 12.2 Å². The first-order chi connectivity index (χ1) is 10.6. The number of aliphatic hydroxyl groups is 1. The van der Waals surface area contributed by atoms with Gasteiger partial charge in [-0.05, 0) is 74.5 Å². The highest BCUT2D eigenvalue weighted by Crippen LogP contribution is 2.61. The van der Waals surface area contributed by atoms with Gasteiger partial charge in [0.1, 0.15) is 0 Å². The van der Waals surface area contributed by atoms with Crippen LogP contribution in [0.25, 0.3) is 0 Å². The first-order valence-corrected chi connectivity index (χ1v) is 8.43. The lowest BCUT2D eigenvalue weighted by molar-refractivity contribution is -0.131. The van der Waals surface area contributed by atoms with Gasteiger partial charge in [-0.25, -0.2) is 0 Å². The highest BCUT2D eigenvalue weighted by atomic mass is 16.3. The zero-order valence-electron chi connectivity index (χ0n) is 14.8. The van der Waals surface area contributed by atoms with Crippen molar-refractivity contribution < 1.29 is 14.7 Å². The fourth-order valence-electron chi connectivity index (χ4n) is 3.56. The van der Waals surface area contributed by atoms with Gasteiger partial charge in [-0.1, -0.05) is 31.6 Å². The number of rotatable bonds is 0. The molecule has 0 aromatic carbocycles. The van der Waals surface area contributed by atoms with Crippen molar-refractivity contribution in [3.63, 3.8) is 0 Å². The van der Waals surface area contributed by atoms with E-state index in [4.69, 9.17) is 0 Å². The minimum atomic E-state index is -0.709. The number of fused-ring (bicyclic) bond motifs is 1. The van der Waals surface area contributed by atoms with Crippen LogP contribution >= 0.6 is 0 Å². The molecule has 0 amide bonds. The summed E-state index contributed by atoms with van der Waals surface area (Å²) in [5, 5.41) is 10.1. The van der Waals surface area contributed by atoms with Crippen LogP contribution in [0.4, 0.5) is 0 Å². The van der Waals surface area contributed by atoms with E-state index in [0.717, 1.165) is 12.8 Å². The summed E-state index contributed by atoms with van der Waals surface area (Å²) in [4.78, 5) is 24.3. The predicted molar refractivity (Wildman–Crippen MR) is 91.9 cm³/mol. The van der Waals surface area contributed by atoms with Gasteiger partial charge >= 0.3 is 0 Å². The molecule has 0 unspecified atom stereocenters. The van der Waals surface area contributed by atoms with E-state index >= 15 is 0 Å². The van der Waals surface area contributed by atoms with Crippen molar-refractivity contribution >= 4 is 11.6 Å². The first kappa shape index (κ1) is 17.9. The average Bonchev–Trinajstić information content (AvgIpc) is 3.00. The lowest BCUT2D eigenvalue weighted by atomic mass is 9.99. The van der Waals surface area contributed by atoms with E-state index in [9.17, 15) is 14.7 Å². The van der Waals surface area contributed by atoms with Crippen molar-refractivity contribution in [2.75, 3.05) is 0 Å². The van der Waals surface area contributed by atoms with Gasteiger partial charge in [-0.3, -0.25) is 9.59 Å². The van der Waals surface area contributed by atoms with Crippen LogP contribution in [-0.2, 0) is 9.59 Å². The Labute approximate surface area is 139 Å². The van der Waals surface area contributed by atoms with Crippen LogP contribution in [0.15, 0.2) is 34.9 Å². The second kappa shape index (κ2) is 6.56. The number of hydrogen-bond donors (Lipinski definition) is 1. The Kier molecular flexibility index (Phi) is 5.10. The molecule has 0 bridgehead atoms. The molecular formula is C20H28O3. The van der Waals surface area contributed by atoms with Crippen LogP contribution in [0.1, 0.15) is 53.9 Å². The maximum absolute atomic E-state index is 12.2. The summed E-state index contributed by atoms with van der Waals surface area (Å²) in [5.74, 6) is -0.0793. The number of carbonyl (C=O) groups excluding carboxylic acids is 2. The molecule has 0 spiro atoms. The van der Waals surface area contributed by atoms with E-state index in [1.165, 1.54) is 11.6 Å². The van der Waals surface area contributed by atoms with Crippen molar-refractivity contribution in [2.45, 2.75) is 60.0 Å². The maximum Gasteiger partial charge on any atom is 0.228 e. The van der Waals surface area contributed by atoms with Gasteiger partial charge in [-0.15, -0.1) is 0 Å². The smallest absolute Gasteiger partial charge is 0.228 e. The minimum Gasteiger partial charge on any atom is -0.388 e. The van der Waals surface area contributed by atoms with Gasteiger partial charge in [0.25, 0.3) is 0 Å². The molecule has 126 valence electrons. The van der Waals surface area contributed by atoms with Crippen molar-refractivity contribution in [1.82, 2.24) is 0 Å². The Morgan fingerprint density at radius 1 is 1.17 bits per heavy atom. The van der Waals surface area contributed by atoms with Crippen LogP contribution in [0, 0.1) is 17.3 Å². The lowest BCUT2D eigenvalue weighted by Crippen LogP contribution is -2.16. The Morgan fingerprint density at radius 3 is 2.48 bits per heavy atom. The number of ketones is 2. The largest absolute Gasteiger partial charge is 0.388 e. The monoisotopic (exact) mass is 316 g/mol. The predicted octanol–water partition coefficient (Wildman–Crippen LogP) is 3.78. The third-order valence-corrected chi connectivity index (χ3v) is 5.57. The molecule has 0 radical (unpaired) electrons. The molecule has 1 fully saturated rings. The molecule has 2 rings (SSSR count). The molecule has 0 saturated heterocycles. The maximum atomic E-state index is 12.2. The molecular weight excluding hydrogens is 288 g/mol. The Morgan fingerprint density at radius 2 is 1.83 bits per heavy atom. The number of Topliss-reactive ketones (excluding diaryl/α,β-unsaturated/α-hetero) is 1. The zero-order chi connectivity index (χ0) is 17.4. The average molecular weight is 316 g/mol. The van der Waals surface area contributed by atoms with Gasteiger partial charge in [0.2, 0.25) is 11.6 Å². The van der Waals surface area contributed by atoms with Crippen LogP contribution in [0.3, 0.4) is 0 Å². The van der Waals surface area contributed by atoms with Crippen LogP contribution in [0.2, 0.25) is 0 Å². The summed E-state index contributed by atoms with van der Waals surface area (Å²) in [6.45, 7) is 9.97. The third-order valence-electron chi connectivity index (χ3n) is 5.57. The van der Waals surface area contributed by atoms with Gasteiger partial charge in [0, 0.05) is 0 Å². The van der Waals surface area contributed by atoms with E-state index in [-0.39, 0.29) is 5.41 Å². The fourth-order valence-corrected chi connectivity index (χ4v) is 3.56. The Bertz CT molecular complexity index is 604. The summed E-state index contributed by atoms with van der Waals surface area (Å²) >= 11 is 0. The molecule has 0 heterocycles. The van der Waals surface area contributed by atoms with E-state index in [1.54, 1.807) is 13.8 Å². The molecule has 0 aromatic heterocycles. The summed E-state index contributed by atoms with van der Waals surface area (Å²) in [7, 11) is 0. The molecule has 0 aliphatic heterocycles. The van der Waals surface area contributed by atoms with Gasteiger partial charge < -0.3 is 5.11 Å². The summed E-state index contributed by atoms with van der Waals surface area (Å²) < 4.78 is 0. The molecule has 23 heavy (non-hydrogen) atoms.